The van der Waals surface area contributed by atoms with Gasteiger partial charge in [0.15, 0.2) is 0 Å². The van der Waals surface area contributed by atoms with Crippen molar-refractivity contribution < 1.29 is 14.3 Å². The first-order chi connectivity index (χ1) is 9.38. The topological polar surface area (TPSA) is 89.5 Å². The van der Waals surface area contributed by atoms with E-state index in [4.69, 9.17) is 0 Å². The Kier molecular flexibility index (Phi) is 5.13. The average molecular weight is 283 g/mol. The zero-order valence-corrected chi connectivity index (χ0v) is 10.9. The second kappa shape index (κ2) is 6.60. The summed E-state index contributed by atoms with van der Waals surface area (Å²) in [5, 5.41) is 22.0. The summed E-state index contributed by atoms with van der Waals surface area (Å²) < 4.78 is 14.0. The van der Waals surface area contributed by atoms with Crippen molar-refractivity contribution in [3.8, 4) is 0 Å². The molecule has 0 aliphatic heterocycles. The molecule has 0 N–H and O–H groups in total. The van der Waals surface area contributed by atoms with Crippen LogP contribution in [0.2, 0.25) is 0 Å². The van der Waals surface area contributed by atoms with Crippen LogP contribution in [-0.2, 0) is 0 Å². The third-order valence-corrected chi connectivity index (χ3v) is 2.61. The molecule has 0 spiro atoms. The fourth-order valence-electron chi connectivity index (χ4n) is 1.75. The maximum Gasteiger partial charge on any atom is 0.302 e. The van der Waals surface area contributed by atoms with Crippen LogP contribution < -0.4 is 5.12 Å². The van der Waals surface area contributed by atoms with E-state index < -0.39 is 26.9 Å². The average Bonchev–Trinajstić information content (AvgIpc) is 2.37. The molecule has 0 unspecified atom stereocenters. The fraction of sp³-hybridized carbons (Fsp3) is 0.333. The van der Waals surface area contributed by atoms with Crippen molar-refractivity contribution in [1.29, 1.82) is 0 Å². The number of unbranched alkanes of at least 4 members (excludes halogenated alkanes) is 1. The molecule has 1 aromatic rings. The first kappa shape index (κ1) is 15.5. The molecule has 0 amide bonds. The highest BCUT2D eigenvalue weighted by Gasteiger charge is 2.30. The molecule has 0 aromatic heterocycles. The van der Waals surface area contributed by atoms with Gasteiger partial charge in [-0.3, -0.25) is 20.2 Å². The number of hydrogen-bond donors (Lipinski definition) is 0. The van der Waals surface area contributed by atoms with Gasteiger partial charge in [0, 0.05) is 12.1 Å². The molecular formula is C12H14FN3O4. The van der Waals surface area contributed by atoms with Crippen molar-refractivity contribution in [3.63, 3.8) is 0 Å². The maximum absolute atomic E-state index is 14.0. The number of benzene rings is 1. The number of anilines is 1. The van der Waals surface area contributed by atoms with Gasteiger partial charge in [0.1, 0.15) is 0 Å². The van der Waals surface area contributed by atoms with Gasteiger partial charge in [0.25, 0.3) is 0 Å². The third-order valence-electron chi connectivity index (χ3n) is 2.61. The summed E-state index contributed by atoms with van der Waals surface area (Å²) >= 11 is 0. The minimum atomic E-state index is -0.824. The van der Waals surface area contributed by atoms with Crippen LogP contribution in [-0.4, -0.2) is 16.4 Å². The van der Waals surface area contributed by atoms with Crippen molar-refractivity contribution in [1.82, 2.24) is 0 Å². The Morgan fingerprint density at radius 3 is 2.20 bits per heavy atom. The molecule has 108 valence electrons. The monoisotopic (exact) mass is 283 g/mol. The molecule has 0 aliphatic rings. The van der Waals surface area contributed by atoms with Gasteiger partial charge in [-0.15, -0.1) is 6.58 Å². The fourth-order valence-corrected chi connectivity index (χ4v) is 1.75. The van der Waals surface area contributed by atoms with E-state index in [0.717, 1.165) is 12.1 Å². The Labute approximate surface area is 114 Å². The molecule has 0 aliphatic carbocycles. The quantitative estimate of drug-likeness (QED) is 0.251. The Bertz CT molecular complexity index is 512. The van der Waals surface area contributed by atoms with Crippen molar-refractivity contribution in [3.05, 3.63) is 50.6 Å². The van der Waals surface area contributed by atoms with E-state index in [0.29, 0.717) is 18.4 Å². The number of halogens is 1. The Balaban J connectivity index is 3.28. The minimum absolute atomic E-state index is 0.0548. The highest BCUT2D eigenvalue weighted by molar-refractivity contribution is 5.75. The lowest BCUT2D eigenvalue weighted by Crippen LogP contribution is -2.16. The SMILES string of the molecule is C=CCCCN(F)c1c([N+](=O)[O-])cc(C)cc1[N+](=O)[O-]. The molecule has 0 saturated carbocycles. The minimum Gasteiger partial charge on any atom is -0.258 e. The highest BCUT2D eigenvalue weighted by Crippen LogP contribution is 2.38. The molecule has 1 aromatic carbocycles. The number of rotatable bonds is 7. The number of nitro groups is 2. The van der Waals surface area contributed by atoms with Gasteiger partial charge in [-0.25, -0.2) is 0 Å². The maximum atomic E-state index is 14.0. The van der Waals surface area contributed by atoms with Gasteiger partial charge in [-0.05, 0) is 25.3 Å². The molecule has 8 heteroatoms. The van der Waals surface area contributed by atoms with Crippen molar-refractivity contribution >= 4 is 17.1 Å². The van der Waals surface area contributed by atoms with E-state index in [1.165, 1.54) is 6.92 Å². The molecule has 7 nitrogen and oxygen atoms in total. The van der Waals surface area contributed by atoms with Gasteiger partial charge in [-0.1, -0.05) is 10.6 Å². The lowest BCUT2D eigenvalue weighted by atomic mass is 10.1. The van der Waals surface area contributed by atoms with Crippen LogP contribution in [0.25, 0.3) is 0 Å². The Morgan fingerprint density at radius 2 is 1.80 bits per heavy atom. The summed E-state index contributed by atoms with van der Waals surface area (Å²) in [6, 6.07) is 2.23. The first-order valence-corrected chi connectivity index (χ1v) is 5.86. The van der Waals surface area contributed by atoms with Crippen LogP contribution in [0.4, 0.5) is 21.5 Å². The van der Waals surface area contributed by atoms with Gasteiger partial charge >= 0.3 is 11.4 Å². The number of nitro benzene ring substituents is 2. The van der Waals surface area contributed by atoms with Gasteiger partial charge in [0.05, 0.1) is 16.4 Å². The second-order valence-electron chi connectivity index (χ2n) is 4.18. The van der Waals surface area contributed by atoms with E-state index in [9.17, 15) is 24.7 Å². The summed E-state index contributed by atoms with van der Waals surface area (Å²) in [7, 11) is 0. The largest absolute Gasteiger partial charge is 0.302 e. The number of hydrogen-bond acceptors (Lipinski definition) is 5. The van der Waals surface area contributed by atoms with E-state index in [1.54, 1.807) is 6.08 Å². The third kappa shape index (κ3) is 3.50. The summed E-state index contributed by atoms with van der Waals surface area (Å²) in [5.41, 5.74) is -1.52. The zero-order valence-electron chi connectivity index (χ0n) is 10.9. The standard InChI is InChI=1S/C12H14FN3O4/c1-3-4-5-6-14(13)12-10(15(17)18)7-9(2)8-11(12)16(19)20/h3,7-8H,1,4-6H2,2H3. The van der Waals surface area contributed by atoms with Crippen molar-refractivity contribution in [2.75, 3.05) is 11.7 Å². The summed E-state index contributed by atoms with van der Waals surface area (Å²) in [6.45, 7) is 4.77. The van der Waals surface area contributed by atoms with E-state index >= 15 is 0 Å². The number of nitrogens with zero attached hydrogens (tertiary/aromatic N) is 3. The molecule has 0 saturated heterocycles. The van der Waals surface area contributed by atoms with Gasteiger partial charge in [-0.2, -0.15) is 5.12 Å². The molecule has 0 bridgehead atoms. The smallest absolute Gasteiger partial charge is 0.258 e. The van der Waals surface area contributed by atoms with Crippen molar-refractivity contribution in [2.24, 2.45) is 0 Å². The first-order valence-electron chi connectivity index (χ1n) is 5.86. The molecule has 0 heterocycles. The lowest BCUT2D eigenvalue weighted by Gasteiger charge is -2.14. The van der Waals surface area contributed by atoms with Crippen LogP contribution in [0.5, 0.6) is 0 Å². The summed E-state index contributed by atoms with van der Waals surface area (Å²) in [4.78, 5) is 20.3. The highest BCUT2D eigenvalue weighted by atomic mass is 19.2. The number of aryl methyl sites for hydroxylation is 1. The van der Waals surface area contributed by atoms with Crippen molar-refractivity contribution in [2.45, 2.75) is 19.8 Å². The molecule has 20 heavy (non-hydrogen) atoms. The van der Waals surface area contributed by atoms with Crippen LogP contribution in [0, 0.1) is 27.2 Å². The zero-order chi connectivity index (χ0) is 15.3. The van der Waals surface area contributed by atoms with Crippen LogP contribution >= 0.6 is 0 Å². The number of allylic oxidation sites excluding steroid dienone is 1. The second-order valence-corrected chi connectivity index (χ2v) is 4.18. The molecule has 1 rings (SSSR count). The van der Waals surface area contributed by atoms with E-state index in [1.807, 2.05) is 0 Å². The Hall–Kier alpha value is -2.51. The van der Waals surface area contributed by atoms with E-state index in [2.05, 4.69) is 6.58 Å². The summed E-state index contributed by atoms with van der Waals surface area (Å²) in [5.74, 6) is 0. The normalized spacial score (nSPS) is 10.1. The van der Waals surface area contributed by atoms with Gasteiger partial charge in [0.2, 0.25) is 5.69 Å². The molecule has 0 radical (unpaired) electrons. The Morgan fingerprint density at radius 1 is 1.30 bits per heavy atom. The van der Waals surface area contributed by atoms with Gasteiger partial charge < -0.3 is 0 Å². The van der Waals surface area contributed by atoms with Crippen LogP contribution in [0.1, 0.15) is 18.4 Å². The molecular weight excluding hydrogens is 269 g/mol. The molecule has 0 fully saturated rings. The summed E-state index contributed by atoms with van der Waals surface area (Å²) in [6.07, 6.45) is 2.43. The molecule has 0 atom stereocenters. The van der Waals surface area contributed by atoms with E-state index in [-0.39, 0.29) is 11.7 Å². The van der Waals surface area contributed by atoms with Crippen LogP contribution in [0.15, 0.2) is 24.8 Å². The predicted molar refractivity (Wildman–Crippen MR) is 72.4 cm³/mol. The van der Waals surface area contributed by atoms with Crippen LogP contribution in [0.3, 0.4) is 0 Å². The lowest BCUT2D eigenvalue weighted by molar-refractivity contribution is -0.393. The predicted octanol–water partition coefficient (Wildman–Crippen LogP) is 3.47.